The molecule has 0 saturated carbocycles. The van der Waals surface area contributed by atoms with Crippen molar-refractivity contribution in [1.82, 2.24) is 25.1 Å². The summed E-state index contributed by atoms with van der Waals surface area (Å²) in [5.41, 5.74) is 2.05. The Balaban J connectivity index is 1.64. The third kappa shape index (κ3) is 4.72. The van der Waals surface area contributed by atoms with Gasteiger partial charge in [0.25, 0.3) is 0 Å². The molecule has 1 aliphatic heterocycles. The summed E-state index contributed by atoms with van der Waals surface area (Å²) >= 11 is 0. The maximum atomic E-state index is 5.33. The van der Waals surface area contributed by atoms with E-state index < -0.39 is 0 Å². The Bertz CT molecular complexity index is 1120. The van der Waals surface area contributed by atoms with Crippen LogP contribution >= 0.6 is 0 Å². The van der Waals surface area contributed by atoms with Crippen molar-refractivity contribution >= 4 is 16.9 Å². The summed E-state index contributed by atoms with van der Waals surface area (Å²) in [7, 11) is 3.23. The number of H-pyrrole nitrogens is 1. The lowest BCUT2D eigenvalue weighted by atomic mass is 10.1. The average Bonchev–Trinajstić information content (AvgIpc) is 3.21. The quantitative estimate of drug-likeness (QED) is 0.615. The van der Waals surface area contributed by atoms with Crippen LogP contribution in [-0.4, -0.2) is 58.4 Å². The molecule has 8 heteroatoms. The van der Waals surface area contributed by atoms with Crippen LogP contribution in [0.1, 0.15) is 31.0 Å². The third-order valence-electron chi connectivity index (χ3n) is 5.19. The van der Waals surface area contributed by atoms with Crippen LogP contribution in [0, 0.1) is 11.8 Å². The van der Waals surface area contributed by atoms with Gasteiger partial charge in [-0.1, -0.05) is 12.0 Å². The molecule has 3 aromatic rings. The molecule has 1 aromatic carbocycles. The molecule has 1 saturated heterocycles. The van der Waals surface area contributed by atoms with E-state index in [2.05, 4.69) is 54.5 Å². The summed E-state index contributed by atoms with van der Waals surface area (Å²) in [4.78, 5) is 11.0. The Morgan fingerprint density at radius 3 is 2.71 bits per heavy atom. The maximum absolute atomic E-state index is 5.33. The zero-order chi connectivity index (χ0) is 21.6. The van der Waals surface area contributed by atoms with E-state index in [9.17, 15) is 0 Å². The van der Waals surface area contributed by atoms with Crippen LogP contribution < -0.4 is 14.8 Å². The highest BCUT2D eigenvalue weighted by molar-refractivity contribution is 5.91. The van der Waals surface area contributed by atoms with Crippen molar-refractivity contribution in [2.75, 3.05) is 32.6 Å². The average molecular weight is 419 g/mol. The number of hydrogen-bond acceptors (Lipinski definition) is 7. The minimum absolute atomic E-state index is 0.292. The van der Waals surface area contributed by atoms with Gasteiger partial charge in [-0.3, -0.25) is 5.10 Å². The smallest absolute Gasteiger partial charge is 0.162 e. The minimum atomic E-state index is 0.292. The number of aromatic amines is 1. The second kappa shape index (κ2) is 9.39. The number of anilines is 1. The number of nitrogens with zero attached hydrogens (tertiary/aromatic N) is 4. The summed E-state index contributed by atoms with van der Waals surface area (Å²) < 4.78 is 10.7. The van der Waals surface area contributed by atoms with E-state index >= 15 is 0 Å². The second-order valence-corrected chi connectivity index (χ2v) is 7.33. The maximum Gasteiger partial charge on any atom is 0.162 e. The number of hydrogen-bond donors (Lipinski definition) is 2. The molecular weight excluding hydrogens is 392 g/mol. The largest absolute Gasteiger partial charge is 0.497 e. The van der Waals surface area contributed by atoms with Gasteiger partial charge in [0.2, 0.25) is 0 Å². The number of methoxy groups -OCH3 is 2. The normalized spacial score (nSPS) is 16.2. The Morgan fingerprint density at radius 1 is 1.16 bits per heavy atom. The molecule has 0 bridgehead atoms. The molecule has 1 atom stereocenters. The van der Waals surface area contributed by atoms with Gasteiger partial charge in [0.15, 0.2) is 11.5 Å². The molecule has 2 N–H and O–H groups in total. The fraction of sp³-hybridized carbons (Fsp3) is 0.348. The van der Waals surface area contributed by atoms with Gasteiger partial charge in [0.05, 0.1) is 19.6 Å². The number of fused-ring (bicyclic) bond motifs is 1. The van der Waals surface area contributed by atoms with Gasteiger partial charge in [0, 0.05) is 30.8 Å². The highest BCUT2D eigenvalue weighted by atomic mass is 16.5. The molecule has 31 heavy (non-hydrogen) atoms. The number of piperidine rings is 1. The highest BCUT2D eigenvalue weighted by Gasteiger charge is 2.20. The first-order valence-corrected chi connectivity index (χ1v) is 10.3. The molecule has 160 valence electrons. The Labute approximate surface area is 181 Å². The SMILES string of the molecule is CC=CN1CCCC(Nc2n[nH]c3ncnc(C#Cc4cc(OC)cc(OC)c4)c23)C1. The topological polar surface area (TPSA) is 88.2 Å². The number of ether oxygens (including phenoxy) is 2. The predicted molar refractivity (Wildman–Crippen MR) is 120 cm³/mol. The molecule has 0 radical (unpaired) electrons. The number of allylic oxidation sites excluding steroid dienone is 1. The van der Waals surface area contributed by atoms with E-state index in [0.717, 1.165) is 42.7 Å². The molecular formula is C23H26N6O2. The van der Waals surface area contributed by atoms with Crippen LogP contribution in [-0.2, 0) is 0 Å². The lowest BCUT2D eigenvalue weighted by Crippen LogP contribution is -2.39. The van der Waals surface area contributed by atoms with Gasteiger partial charge in [-0.15, -0.1) is 0 Å². The van der Waals surface area contributed by atoms with E-state index in [1.165, 1.54) is 6.33 Å². The molecule has 1 fully saturated rings. The van der Waals surface area contributed by atoms with Gasteiger partial charge < -0.3 is 19.7 Å². The van der Waals surface area contributed by atoms with Gasteiger partial charge in [-0.05, 0) is 44.0 Å². The molecule has 0 amide bonds. The van der Waals surface area contributed by atoms with Crippen LogP contribution in [0.5, 0.6) is 11.5 Å². The van der Waals surface area contributed by atoms with Crippen molar-refractivity contribution in [3.63, 3.8) is 0 Å². The first-order chi connectivity index (χ1) is 15.2. The summed E-state index contributed by atoms with van der Waals surface area (Å²) in [5.74, 6) is 8.43. The van der Waals surface area contributed by atoms with Crippen molar-refractivity contribution in [3.05, 3.63) is 48.1 Å². The van der Waals surface area contributed by atoms with Crippen LogP contribution in [0.3, 0.4) is 0 Å². The van der Waals surface area contributed by atoms with E-state index in [-0.39, 0.29) is 0 Å². The molecule has 1 unspecified atom stereocenters. The van der Waals surface area contributed by atoms with Crippen molar-refractivity contribution in [2.24, 2.45) is 0 Å². The Hall–Kier alpha value is -3.73. The van der Waals surface area contributed by atoms with Crippen LogP contribution in [0.25, 0.3) is 11.0 Å². The molecule has 2 aromatic heterocycles. The van der Waals surface area contributed by atoms with Gasteiger partial charge in [-0.2, -0.15) is 5.10 Å². The lowest BCUT2D eigenvalue weighted by Gasteiger charge is -2.32. The number of rotatable bonds is 5. The molecule has 1 aliphatic rings. The number of benzene rings is 1. The lowest BCUT2D eigenvalue weighted by molar-refractivity contribution is 0.290. The fourth-order valence-corrected chi connectivity index (χ4v) is 3.73. The Morgan fingerprint density at radius 2 is 1.97 bits per heavy atom. The Kier molecular flexibility index (Phi) is 6.22. The summed E-state index contributed by atoms with van der Waals surface area (Å²) in [5, 5.41) is 11.8. The molecule has 0 spiro atoms. The van der Waals surface area contributed by atoms with Gasteiger partial charge >= 0.3 is 0 Å². The molecule has 8 nitrogen and oxygen atoms in total. The first-order valence-electron chi connectivity index (χ1n) is 10.3. The van der Waals surface area contributed by atoms with Crippen molar-refractivity contribution in [2.45, 2.75) is 25.8 Å². The highest BCUT2D eigenvalue weighted by Crippen LogP contribution is 2.25. The van der Waals surface area contributed by atoms with Crippen LogP contribution in [0.2, 0.25) is 0 Å². The number of likely N-dealkylation sites (tertiary alicyclic amines) is 1. The summed E-state index contributed by atoms with van der Waals surface area (Å²) in [6.07, 6.45) is 7.92. The van der Waals surface area contributed by atoms with E-state index in [4.69, 9.17) is 9.47 Å². The van der Waals surface area contributed by atoms with Crippen molar-refractivity contribution < 1.29 is 9.47 Å². The van der Waals surface area contributed by atoms with E-state index in [1.54, 1.807) is 14.2 Å². The minimum Gasteiger partial charge on any atom is -0.497 e. The van der Waals surface area contributed by atoms with Crippen LogP contribution in [0.4, 0.5) is 5.82 Å². The summed E-state index contributed by atoms with van der Waals surface area (Å²) in [6.45, 7) is 4.04. The molecule has 3 heterocycles. The predicted octanol–water partition coefficient (Wildman–Crippen LogP) is 3.18. The van der Waals surface area contributed by atoms with Crippen molar-refractivity contribution in [1.29, 1.82) is 0 Å². The zero-order valence-corrected chi connectivity index (χ0v) is 18.0. The number of nitrogens with one attached hydrogen (secondary N) is 2. The third-order valence-corrected chi connectivity index (χ3v) is 5.19. The fourth-order valence-electron chi connectivity index (χ4n) is 3.73. The second-order valence-electron chi connectivity index (χ2n) is 7.33. The van der Waals surface area contributed by atoms with Gasteiger partial charge in [0.1, 0.15) is 23.5 Å². The monoisotopic (exact) mass is 418 g/mol. The van der Waals surface area contributed by atoms with E-state index in [1.807, 2.05) is 25.1 Å². The standard InChI is InChI=1S/C23H26N6O2/c1-4-9-29-10-5-6-17(14-29)26-23-21-20(24-15-25-22(21)27-28-23)8-7-16-11-18(30-2)13-19(12-16)31-3/h4,9,11-13,15,17H,5-6,10,14H2,1-3H3,(H2,24,25,26,27,28). The van der Waals surface area contributed by atoms with Gasteiger partial charge in [-0.25, -0.2) is 9.97 Å². The molecule has 0 aliphatic carbocycles. The number of aromatic nitrogens is 4. The molecule has 4 rings (SSSR count). The first kappa shape index (κ1) is 20.5. The summed E-state index contributed by atoms with van der Waals surface area (Å²) in [6, 6.07) is 5.83. The van der Waals surface area contributed by atoms with Crippen LogP contribution in [0.15, 0.2) is 36.8 Å². The zero-order valence-electron chi connectivity index (χ0n) is 18.0. The van der Waals surface area contributed by atoms with E-state index in [0.29, 0.717) is 28.9 Å². The van der Waals surface area contributed by atoms with Crippen molar-refractivity contribution in [3.8, 4) is 23.3 Å².